The van der Waals surface area contributed by atoms with Crippen LogP contribution in [0.25, 0.3) is 0 Å². The van der Waals surface area contributed by atoms with Gasteiger partial charge >= 0.3 is 0 Å². The Morgan fingerprint density at radius 1 is 0.455 bits per heavy atom. The van der Waals surface area contributed by atoms with Gasteiger partial charge in [0.25, 0.3) is 0 Å². The molecular weight excluding hydrogens is 304 g/mol. The van der Waals surface area contributed by atoms with Gasteiger partial charge in [0, 0.05) is 0 Å². The molecule has 0 aliphatic carbocycles. The van der Waals surface area contributed by atoms with Crippen molar-refractivity contribution in [1.82, 2.24) is 0 Å². The third-order valence-electron chi connectivity index (χ3n) is 4.74. The van der Waals surface area contributed by atoms with Crippen molar-refractivity contribution in [3.8, 4) is 0 Å². The summed E-state index contributed by atoms with van der Waals surface area (Å²) < 4.78 is 0. The zero-order valence-electron chi connectivity index (χ0n) is 15.5. The maximum absolute atomic E-state index is 5.82. The fourth-order valence-electron chi connectivity index (χ4n) is 3.17. The summed E-state index contributed by atoms with van der Waals surface area (Å²) in [6.07, 6.45) is 26.3. The van der Waals surface area contributed by atoms with Gasteiger partial charge in [-0.1, -0.05) is 122 Å². The highest BCUT2D eigenvalue weighted by molar-refractivity contribution is 6.93. The molecule has 0 aromatic carbocycles. The van der Waals surface area contributed by atoms with E-state index in [9.17, 15) is 0 Å². The smallest absolute Gasteiger partial charge is 0.125 e. The second-order valence-corrected chi connectivity index (χ2v) is 9.27. The molecule has 2 heteroatoms. The minimum absolute atomic E-state index is 0.181. The Morgan fingerprint density at radius 2 is 0.727 bits per heavy atom. The second-order valence-electron chi connectivity index (χ2n) is 7.05. The van der Waals surface area contributed by atoms with Crippen molar-refractivity contribution in [3.63, 3.8) is 0 Å². The maximum Gasteiger partial charge on any atom is 0.125 e. The normalized spacial score (nSPS) is 11.7. The minimum Gasteiger partial charge on any atom is -0.176 e. The van der Waals surface area contributed by atoms with Crippen LogP contribution in [-0.2, 0) is 0 Å². The molecule has 0 radical (unpaired) electrons. The quantitative estimate of drug-likeness (QED) is 0.127. The van der Waals surface area contributed by atoms with Crippen LogP contribution in [-0.4, -0.2) is 8.83 Å². The zero-order chi connectivity index (χ0) is 16.1. The van der Waals surface area contributed by atoms with Gasteiger partial charge in [-0.2, -0.15) is 11.1 Å². The predicted molar refractivity (Wildman–Crippen MR) is 108 cm³/mol. The SMILES string of the molecule is CCCCCCCCCCCCCCCCCCCC[SiH2]Cl. The number of hydrogen-bond acceptors (Lipinski definition) is 0. The Hall–Kier alpha value is 0.507. The van der Waals surface area contributed by atoms with Gasteiger partial charge in [-0.05, 0) is 6.04 Å². The van der Waals surface area contributed by atoms with E-state index in [0.717, 1.165) is 0 Å². The van der Waals surface area contributed by atoms with E-state index in [2.05, 4.69) is 6.92 Å². The van der Waals surface area contributed by atoms with Crippen molar-refractivity contribution < 1.29 is 0 Å². The van der Waals surface area contributed by atoms with Crippen LogP contribution in [0.2, 0.25) is 6.04 Å². The van der Waals surface area contributed by atoms with Crippen molar-refractivity contribution in [1.29, 1.82) is 0 Å². The summed E-state index contributed by atoms with van der Waals surface area (Å²) in [5, 5.41) is 0. The highest BCUT2D eigenvalue weighted by Gasteiger charge is 1.95. The van der Waals surface area contributed by atoms with Crippen LogP contribution in [0.5, 0.6) is 0 Å². The molecule has 0 amide bonds. The van der Waals surface area contributed by atoms with Crippen LogP contribution in [0.4, 0.5) is 0 Å². The van der Waals surface area contributed by atoms with E-state index >= 15 is 0 Å². The van der Waals surface area contributed by atoms with E-state index in [-0.39, 0.29) is 8.83 Å². The Kier molecular flexibility index (Phi) is 22.0. The van der Waals surface area contributed by atoms with Crippen molar-refractivity contribution in [2.24, 2.45) is 0 Å². The molecule has 0 rings (SSSR count). The van der Waals surface area contributed by atoms with Crippen LogP contribution in [0.1, 0.15) is 122 Å². The van der Waals surface area contributed by atoms with Gasteiger partial charge in [0.15, 0.2) is 0 Å². The van der Waals surface area contributed by atoms with Crippen LogP contribution in [0.15, 0.2) is 0 Å². The third kappa shape index (κ3) is 20.5. The van der Waals surface area contributed by atoms with Crippen molar-refractivity contribution in [2.75, 3.05) is 0 Å². The molecule has 0 aromatic rings. The summed E-state index contributed by atoms with van der Waals surface area (Å²) in [5.41, 5.74) is 0. The standard InChI is InChI=1S/C20H43ClSi/c1-2-3-4-5-6-7-8-9-10-11-12-13-14-15-16-17-18-19-20-22-21/h2-20,22H2,1H3. The molecule has 0 aliphatic heterocycles. The average molecular weight is 347 g/mol. The summed E-state index contributed by atoms with van der Waals surface area (Å²) in [7, 11) is -0.181. The van der Waals surface area contributed by atoms with Gasteiger partial charge < -0.3 is 0 Å². The van der Waals surface area contributed by atoms with Crippen LogP contribution in [0.3, 0.4) is 0 Å². The fourth-order valence-corrected chi connectivity index (χ4v) is 4.28. The van der Waals surface area contributed by atoms with E-state index in [1.807, 2.05) is 0 Å². The van der Waals surface area contributed by atoms with Crippen LogP contribution < -0.4 is 0 Å². The van der Waals surface area contributed by atoms with E-state index in [1.54, 1.807) is 0 Å². The number of hydrogen-bond donors (Lipinski definition) is 0. The topological polar surface area (TPSA) is 0 Å². The highest BCUT2D eigenvalue weighted by atomic mass is 35.6. The molecule has 134 valence electrons. The van der Waals surface area contributed by atoms with Gasteiger partial charge in [-0.3, -0.25) is 0 Å². The first-order valence-corrected chi connectivity index (χ1v) is 13.6. The first kappa shape index (κ1) is 22.5. The number of rotatable bonds is 19. The predicted octanol–water partition coefficient (Wildman–Crippen LogP) is 7.77. The summed E-state index contributed by atoms with van der Waals surface area (Å²) in [5.74, 6) is 0. The molecule has 0 unspecified atom stereocenters. The lowest BCUT2D eigenvalue weighted by Crippen LogP contribution is -1.84. The molecule has 0 aromatic heterocycles. The summed E-state index contributed by atoms with van der Waals surface area (Å²) in [4.78, 5) is 0. The van der Waals surface area contributed by atoms with Crippen LogP contribution >= 0.6 is 11.1 Å². The van der Waals surface area contributed by atoms with Gasteiger partial charge in [0.1, 0.15) is 8.83 Å². The number of halogens is 1. The molecular formula is C20H43ClSi. The lowest BCUT2D eigenvalue weighted by Gasteiger charge is -2.03. The first-order valence-electron chi connectivity index (χ1n) is 10.5. The molecule has 0 heterocycles. The molecule has 0 bridgehead atoms. The van der Waals surface area contributed by atoms with E-state index in [4.69, 9.17) is 11.1 Å². The average Bonchev–Trinajstić information content (AvgIpc) is 2.54. The monoisotopic (exact) mass is 346 g/mol. The Bertz CT molecular complexity index is 165. The Balaban J connectivity index is 2.91. The van der Waals surface area contributed by atoms with Gasteiger partial charge in [-0.15, -0.1) is 0 Å². The minimum atomic E-state index is -0.181. The molecule has 0 fully saturated rings. The molecule has 0 aliphatic rings. The van der Waals surface area contributed by atoms with Crippen molar-refractivity contribution in [2.45, 2.75) is 129 Å². The van der Waals surface area contributed by atoms with Gasteiger partial charge in [0.2, 0.25) is 0 Å². The van der Waals surface area contributed by atoms with Gasteiger partial charge in [0.05, 0.1) is 0 Å². The van der Waals surface area contributed by atoms with Crippen molar-refractivity contribution >= 4 is 19.9 Å². The summed E-state index contributed by atoms with van der Waals surface area (Å²) >= 11 is 5.82. The fraction of sp³-hybridized carbons (Fsp3) is 1.00. The maximum atomic E-state index is 5.82. The summed E-state index contributed by atoms with van der Waals surface area (Å²) in [6, 6.07) is 1.35. The molecule has 0 atom stereocenters. The van der Waals surface area contributed by atoms with E-state index < -0.39 is 0 Å². The third-order valence-corrected chi connectivity index (χ3v) is 6.31. The zero-order valence-corrected chi connectivity index (χ0v) is 17.7. The second kappa shape index (κ2) is 21.5. The molecule has 0 saturated carbocycles. The summed E-state index contributed by atoms with van der Waals surface area (Å²) in [6.45, 7) is 2.30. The molecule has 22 heavy (non-hydrogen) atoms. The number of unbranched alkanes of at least 4 members (excludes halogenated alkanes) is 17. The van der Waals surface area contributed by atoms with Gasteiger partial charge in [-0.25, -0.2) is 0 Å². The Labute approximate surface area is 148 Å². The highest BCUT2D eigenvalue weighted by Crippen LogP contribution is 2.14. The van der Waals surface area contributed by atoms with E-state index in [1.165, 1.54) is 122 Å². The Morgan fingerprint density at radius 3 is 1.00 bits per heavy atom. The molecule has 0 nitrogen and oxygen atoms in total. The van der Waals surface area contributed by atoms with E-state index in [0.29, 0.717) is 0 Å². The molecule has 0 saturated heterocycles. The first-order chi connectivity index (χ1) is 10.9. The van der Waals surface area contributed by atoms with Crippen molar-refractivity contribution in [3.05, 3.63) is 0 Å². The lowest BCUT2D eigenvalue weighted by atomic mass is 10.0. The largest absolute Gasteiger partial charge is 0.176 e. The molecule has 0 N–H and O–H groups in total. The lowest BCUT2D eigenvalue weighted by molar-refractivity contribution is 0.526. The molecule has 0 spiro atoms. The van der Waals surface area contributed by atoms with Crippen LogP contribution in [0, 0.1) is 0 Å².